The molecule has 0 heterocycles. The Hall–Kier alpha value is -0.600. The summed E-state index contributed by atoms with van der Waals surface area (Å²) in [5.74, 6) is -0.204. The molecule has 0 aromatic heterocycles. The van der Waals surface area contributed by atoms with E-state index < -0.39 is 0 Å². The minimum absolute atomic E-state index is 0.204. The van der Waals surface area contributed by atoms with Gasteiger partial charge >= 0.3 is 0 Å². The first kappa shape index (κ1) is 13.5. The number of halogens is 2. The molecule has 1 aromatic carbocycles. The van der Waals surface area contributed by atoms with Gasteiger partial charge in [-0.1, -0.05) is 31.5 Å². The highest BCUT2D eigenvalue weighted by molar-refractivity contribution is 6.30. The van der Waals surface area contributed by atoms with Gasteiger partial charge in [0.1, 0.15) is 5.82 Å². The standard InChI is InChI=1S/C13H19ClFN/c1-3-7-16-12(4-2)8-10-5-6-11(14)9-13(10)15/h5-6,9,12,16H,3-4,7-8H2,1-2H3. The molecule has 1 rings (SSSR count). The molecule has 1 atom stereocenters. The van der Waals surface area contributed by atoms with Gasteiger partial charge in [0, 0.05) is 11.1 Å². The van der Waals surface area contributed by atoms with Gasteiger partial charge in [-0.15, -0.1) is 0 Å². The second kappa shape index (κ2) is 6.87. The zero-order valence-corrected chi connectivity index (χ0v) is 10.6. The lowest BCUT2D eigenvalue weighted by atomic mass is 10.0. The third-order valence-electron chi connectivity index (χ3n) is 2.66. The van der Waals surface area contributed by atoms with Crippen LogP contribution in [0.2, 0.25) is 5.02 Å². The van der Waals surface area contributed by atoms with Crippen LogP contribution in [-0.4, -0.2) is 12.6 Å². The Balaban J connectivity index is 2.62. The second-order valence-electron chi connectivity index (χ2n) is 4.00. The Morgan fingerprint density at radius 3 is 2.69 bits per heavy atom. The van der Waals surface area contributed by atoms with Crippen LogP contribution in [0.5, 0.6) is 0 Å². The largest absolute Gasteiger partial charge is 0.314 e. The third-order valence-corrected chi connectivity index (χ3v) is 2.89. The van der Waals surface area contributed by atoms with Gasteiger partial charge in [-0.3, -0.25) is 0 Å². The normalized spacial score (nSPS) is 12.8. The molecule has 1 nitrogen and oxygen atoms in total. The summed E-state index contributed by atoms with van der Waals surface area (Å²) in [5, 5.41) is 3.86. The highest BCUT2D eigenvalue weighted by Gasteiger charge is 2.10. The Labute approximate surface area is 102 Å². The summed E-state index contributed by atoms with van der Waals surface area (Å²) in [7, 11) is 0. The van der Waals surface area contributed by atoms with Crippen molar-refractivity contribution in [3.8, 4) is 0 Å². The van der Waals surface area contributed by atoms with Crippen LogP contribution < -0.4 is 5.32 Å². The molecule has 0 fully saturated rings. The van der Waals surface area contributed by atoms with Crippen molar-refractivity contribution in [3.05, 3.63) is 34.6 Å². The molecule has 3 heteroatoms. The zero-order valence-electron chi connectivity index (χ0n) is 9.89. The first-order valence-electron chi connectivity index (χ1n) is 5.84. The molecule has 0 aliphatic heterocycles. The van der Waals surface area contributed by atoms with E-state index in [1.54, 1.807) is 12.1 Å². The summed E-state index contributed by atoms with van der Waals surface area (Å²) in [6.07, 6.45) is 2.82. The predicted molar refractivity (Wildman–Crippen MR) is 67.5 cm³/mol. The quantitative estimate of drug-likeness (QED) is 0.802. The smallest absolute Gasteiger partial charge is 0.127 e. The lowest BCUT2D eigenvalue weighted by molar-refractivity contribution is 0.483. The summed E-state index contributed by atoms with van der Waals surface area (Å²) in [6.45, 7) is 5.22. The SMILES string of the molecule is CCCNC(CC)Cc1ccc(Cl)cc1F. The maximum Gasteiger partial charge on any atom is 0.127 e. The summed E-state index contributed by atoms with van der Waals surface area (Å²) < 4.78 is 13.6. The monoisotopic (exact) mass is 243 g/mol. The van der Waals surface area contributed by atoms with Gasteiger partial charge < -0.3 is 5.32 Å². The van der Waals surface area contributed by atoms with E-state index in [2.05, 4.69) is 19.2 Å². The summed E-state index contributed by atoms with van der Waals surface area (Å²) in [5.41, 5.74) is 0.736. The van der Waals surface area contributed by atoms with Crippen molar-refractivity contribution in [2.24, 2.45) is 0 Å². The van der Waals surface area contributed by atoms with Gasteiger partial charge in [0.25, 0.3) is 0 Å². The predicted octanol–water partition coefficient (Wildman–Crippen LogP) is 3.80. The molecular weight excluding hydrogens is 225 g/mol. The van der Waals surface area contributed by atoms with Crippen molar-refractivity contribution < 1.29 is 4.39 Å². The molecule has 16 heavy (non-hydrogen) atoms. The van der Waals surface area contributed by atoms with Crippen LogP contribution in [0.25, 0.3) is 0 Å². The molecule has 0 aliphatic carbocycles. The van der Waals surface area contributed by atoms with Crippen LogP contribution in [0.4, 0.5) is 4.39 Å². The van der Waals surface area contributed by atoms with Crippen LogP contribution in [0.1, 0.15) is 32.3 Å². The molecule has 0 radical (unpaired) electrons. The highest BCUT2D eigenvalue weighted by atomic mass is 35.5. The Bertz CT molecular complexity index is 328. The van der Waals surface area contributed by atoms with E-state index in [0.29, 0.717) is 11.1 Å². The average molecular weight is 244 g/mol. The topological polar surface area (TPSA) is 12.0 Å². The average Bonchev–Trinajstić information content (AvgIpc) is 2.27. The minimum atomic E-state index is -0.204. The van der Waals surface area contributed by atoms with Gasteiger partial charge in [0.15, 0.2) is 0 Å². The molecule has 90 valence electrons. The fraction of sp³-hybridized carbons (Fsp3) is 0.538. The molecule has 1 aromatic rings. The van der Waals surface area contributed by atoms with E-state index in [9.17, 15) is 4.39 Å². The number of benzene rings is 1. The van der Waals surface area contributed by atoms with Crippen molar-refractivity contribution in [1.29, 1.82) is 0 Å². The van der Waals surface area contributed by atoms with Gasteiger partial charge in [-0.25, -0.2) is 4.39 Å². The van der Waals surface area contributed by atoms with Crippen LogP contribution >= 0.6 is 11.6 Å². The molecule has 0 spiro atoms. The first-order chi connectivity index (χ1) is 7.67. The summed E-state index contributed by atoms with van der Waals surface area (Å²) in [6, 6.07) is 5.24. The lowest BCUT2D eigenvalue weighted by Crippen LogP contribution is -2.31. The van der Waals surface area contributed by atoms with E-state index in [-0.39, 0.29) is 5.82 Å². The zero-order chi connectivity index (χ0) is 12.0. The van der Waals surface area contributed by atoms with E-state index in [1.807, 2.05) is 0 Å². The van der Waals surface area contributed by atoms with Gasteiger partial charge in [-0.2, -0.15) is 0 Å². The van der Waals surface area contributed by atoms with Gasteiger partial charge in [0.05, 0.1) is 0 Å². The number of hydrogen-bond donors (Lipinski definition) is 1. The maximum absolute atomic E-state index is 13.6. The number of nitrogens with one attached hydrogen (secondary N) is 1. The number of rotatable bonds is 6. The van der Waals surface area contributed by atoms with Crippen molar-refractivity contribution in [1.82, 2.24) is 5.32 Å². The van der Waals surface area contributed by atoms with Crippen molar-refractivity contribution in [3.63, 3.8) is 0 Å². The highest BCUT2D eigenvalue weighted by Crippen LogP contribution is 2.16. The molecule has 0 aliphatic rings. The first-order valence-corrected chi connectivity index (χ1v) is 6.22. The fourth-order valence-electron chi connectivity index (χ4n) is 1.66. The molecule has 1 unspecified atom stereocenters. The Kier molecular flexibility index (Phi) is 5.78. The summed E-state index contributed by atoms with van der Waals surface area (Å²) in [4.78, 5) is 0. The van der Waals surface area contributed by atoms with E-state index in [4.69, 9.17) is 11.6 Å². The maximum atomic E-state index is 13.6. The third kappa shape index (κ3) is 4.11. The van der Waals surface area contributed by atoms with E-state index >= 15 is 0 Å². The number of hydrogen-bond acceptors (Lipinski definition) is 1. The summed E-state index contributed by atoms with van der Waals surface area (Å²) >= 11 is 5.72. The molecule has 0 amide bonds. The van der Waals surface area contributed by atoms with Crippen LogP contribution in [0.3, 0.4) is 0 Å². The second-order valence-corrected chi connectivity index (χ2v) is 4.44. The molecule has 0 saturated carbocycles. The molecular formula is C13H19ClFN. The van der Waals surface area contributed by atoms with Crippen molar-refractivity contribution in [2.75, 3.05) is 6.54 Å². The minimum Gasteiger partial charge on any atom is -0.314 e. The van der Waals surface area contributed by atoms with Gasteiger partial charge in [-0.05, 0) is 43.5 Å². The molecule has 0 bridgehead atoms. The lowest BCUT2D eigenvalue weighted by Gasteiger charge is -2.16. The van der Waals surface area contributed by atoms with Crippen molar-refractivity contribution in [2.45, 2.75) is 39.2 Å². The fourth-order valence-corrected chi connectivity index (χ4v) is 1.82. The molecule has 0 saturated heterocycles. The molecule has 1 N–H and O–H groups in total. The van der Waals surface area contributed by atoms with Crippen LogP contribution in [0.15, 0.2) is 18.2 Å². The Morgan fingerprint density at radius 1 is 1.38 bits per heavy atom. The van der Waals surface area contributed by atoms with Crippen LogP contribution in [-0.2, 0) is 6.42 Å². The van der Waals surface area contributed by atoms with Crippen LogP contribution in [0, 0.1) is 5.82 Å². The van der Waals surface area contributed by atoms with Crippen molar-refractivity contribution >= 4 is 11.6 Å². The van der Waals surface area contributed by atoms with E-state index in [0.717, 1.165) is 31.4 Å². The van der Waals surface area contributed by atoms with Gasteiger partial charge in [0.2, 0.25) is 0 Å². The Morgan fingerprint density at radius 2 is 2.12 bits per heavy atom. The van der Waals surface area contributed by atoms with E-state index in [1.165, 1.54) is 6.07 Å².